The number of benzene rings is 1. The molecule has 0 bridgehead atoms. The van der Waals surface area contributed by atoms with Crippen LogP contribution < -0.4 is 5.56 Å². The minimum absolute atomic E-state index is 0.262. The summed E-state index contributed by atoms with van der Waals surface area (Å²) in [7, 11) is 1.13. The Balaban J connectivity index is 2.68. The second-order valence-corrected chi connectivity index (χ2v) is 4.62. The van der Waals surface area contributed by atoms with Crippen LogP contribution in [0.4, 0.5) is 0 Å². The van der Waals surface area contributed by atoms with E-state index in [9.17, 15) is 14.7 Å². The molecule has 20 heavy (non-hydrogen) atoms. The molecule has 0 atom stereocenters. The molecule has 0 saturated carbocycles. The second-order valence-electron chi connectivity index (χ2n) is 3.75. The molecule has 8 heteroatoms. The van der Waals surface area contributed by atoms with Gasteiger partial charge in [-0.2, -0.15) is 9.78 Å². The Hall–Kier alpha value is -2.05. The van der Waals surface area contributed by atoms with Gasteiger partial charge in [0.05, 0.1) is 12.8 Å². The standard InChI is InChI=1S/C12H8Cl2N2O4/c1-20-12(19)11-9(17)5-10(18)16(15-11)8-3-6(13)2-7(14)4-8/h2-5,17H,1H3. The number of carbonyl (C=O) groups is 1. The Morgan fingerprint density at radius 2 is 1.85 bits per heavy atom. The number of nitrogens with zero attached hydrogens (tertiary/aromatic N) is 2. The van der Waals surface area contributed by atoms with Gasteiger partial charge in [0.2, 0.25) is 5.69 Å². The van der Waals surface area contributed by atoms with Gasteiger partial charge in [-0.15, -0.1) is 0 Å². The lowest BCUT2D eigenvalue weighted by Crippen LogP contribution is -2.23. The zero-order valence-corrected chi connectivity index (χ0v) is 11.6. The summed E-state index contributed by atoms with van der Waals surface area (Å²) in [5.74, 6) is -1.43. The highest BCUT2D eigenvalue weighted by Crippen LogP contribution is 2.21. The monoisotopic (exact) mass is 314 g/mol. The first-order valence-electron chi connectivity index (χ1n) is 5.30. The molecule has 0 unspecified atom stereocenters. The molecule has 1 heterocycles. The lowest BCUT2D eigenvalue weighted by atomic mass is 10.3. The SMILES string of the molecule is COC(=O)c1nn(-c2cc(Cl)cc(Cl)c2)c(=O)cc1O. The van der Waals surface area contributed by atoms with Crippen molar-refractivity contribution in [3.8, 4) is 11.4 Å². The van der Waals surface area contributed by atoms with Crippen molar-refractivity contribution in [1.29, 1.82) is 0 Å². The van der Waals surface area contributed by atoms with Crippen molar-refractivity contribution in [3.05, 3.63) is 50.4 Å². The number of ether oxygens (including phenoxy) is 1. The normalized spacial score (nSPS) is 10.3. The smallest absolute Gasteiger partial charge is 0.362 e. The van der Waals surface area contributed by atoms with Crippen molar-refractivity contribution in [1.82, 2.24) is 9.78 Å². The number of aromatic hydroxyl groups is 1. The number of aromatic nitrogens is 2. The largest absolute Gasteiger partial charge is 0.505 e. The first kappa shape index (κ1) is 14.4. The number of rotatable bonds is 2. The molecule has 0 spiro atoms. The van der Waals surface area contributed by atoms with Gasteiger partial charge in [0, 0.05) is 16.1 Å². The number of hydrogen-bond donors (Lipinski definition) is 1. The van der Waals surface area contributed by atoms with E-state index in [1.54, 1.807) is 0 Å². The predicted octanol–water partition coefficient (Wildman–Crippen LogP) is 2.03. The lowest BCUT2D eigenvalue weighted by Gasteiger charge is -2.08. The van der Waals surface area contributed by atoms with Crippen molar-refractivity contribution < 1.29 is 14.6 Å². The topological polar surface area (TPSA) is 81.4 Å². The Morgan fingerprint density at radius 3 is 2.40 bits per heavy atom. The fraction of sp³-hybridized carbons (Fsp3) is 0.0833. The third-order valence-corrected chi connectivity index (χ3v) is 2.82. The van der Waals surface area contributed by atoms with E-state index in [-0.39, 0.29) is 11.4 Å². The molecule has 0 saturated heterocycles. The molecule has 0 amide bonds. The van der Waals surface area contributed by atoms with Crippen LogP contribution in [0.5, 0.6) is 5.75 Å². The summed E-state index contributed by atoms with van der Waals surface area (Å²) < 4.78 is 5.36. The first-order chi connectivity index (χ1) is 9.42. The van der Waals surface area contributed by atoms with E-state index >= 15 is 0 Å². The molecule has 0 aliphatic carbocycles. The molecule has 1 N–H and O–H groups in total. The molecule has 0 aliphatic rings. The van der Waals surface area contributed by atoms with E-state index in [1.807, 2.05) is 0 Å². The Morgan fingerprint density at radius 1 is 1.25 bits per heavy atom. The summed E-state index contributed by atoms with van der Waals surface area (Å²) in [4.78, 5) is 23.3. The van der Waals surface area contributed by atoms with Gasteiger partial charge in [0.25, 0.3) is 5.56 Å². The van der Waals surface area contributed by atoms with Crippen LogP contribution >= 0.6 is 23.2 Å². The summed E-state index contributed by atoms with van der Waals surface area (Å²) >= 11 is 11.7. The van der Waals surface area contributed by atoms with Crippen molar-refractivity contribution in [2.75, 3.05) is 7.11 Å². The van der Waals surface area contributed by atoms with E-state index in [4.69, 9.17) is 23.2 Å². The van der Waals surface area contributed by atoms with Gasteiger partial charge < -0.3 is 9.84 Å². The van der Waals surface area contributed by atoms with Gasteiger partial charge >= 0.3 is 5.97 Å². The van der Waals surface area contributed by atoms with Gasteiger partial charge in [-0.1, -0.05) is 23.2 Å². The van der Waals surface area contributed by atoms with Crippen LogP contribution in [0.15, 0.2) is 29.1 Å². The van der Waals surface area contributed by atoms with E-state index < -0.39 is 17.3 Å². The minimum Gasteiger partial charge on any atom is -0.505 e. The molecule has 2 rings (SSSR count). The van der Waals surface area contributed by atoms with E-state index in [0.29, 0.717) is 10.0 Å². The average Bonchev–Trinajstić information content (AvgIpc) is 2.36. The number of methoxy groups -OCH3 is 1. The number of halogens is 2. The van der Waals surface area contributed by atoms with E-state index in [0.717, 1.165) is 17.9 Å². The summed E-state index contributed by atoms with van der Waals surface area (Å²) in [6, 6.07) is 5.23. The number of carbonyl (C=O) groups excluding carboxylic acids is 1. The van der Waals surface area contributed by atoms with Crippen LogP contribution in [0.3, 0.4) is 0 Å². The molecule has 0 aliphatic heterocycles. The molecule has 2 aromatic rings. The first-order valence-corrected chi connectivity index (χ1v) is 6.06. The summed E-state index contributed by atoms with van der Waals surface area (Å²) in [5, 5.41) is 13.9. The van der Waals surface area contributed by atoms with Crippen molar-refractivity contribution in [3.63, 3.8) is 0 Å². The third-order valence-electron chi connectivity index (χ3n) is 2.38. The van der Waals surface area contributed by atoms with Crippen molar-refractivity contribution in [2.24, 2.45) is 0 Å². The highest BCUT2D eigenvalue weighted by molar-refractivity contribution is 6.34. The van der Waals surface area contributed by atoms with Crippen molar-refractivity contribution >= 4 is 29.2 Å². The predicted molar refractivity (Wildman–Crippen MR) is 72.9 cm³/mol. The van der Waals surface area contributed by atoms with E-state index in [1.165, 1.54) is 18.2 Å². The Kier molecular flexibility index (Phi) is 3.96. The summed E-state index contributed by atoms with van der Waals surface area (Å²) in [6.45, 7) is 0. The zero-order chi connectivity index (χ0) is 14.9. The average molecular weight is 315 g/mol. The molecule has 0 fully saturated rings. The van der Waals surface area contributed by atoms with Crippen LogP contribution in [0.2, 0.25) is 10.0 Å². The number of esters is 1. The highest BCUT2D eigenvalue weighted by atomic mass is 35.5. The second kappa shape index (κ2) is 5.52. The summed E-state index contributed by atoms with van der Waals surface area (Å²) in [6.07, 6.45) is 0. The van der Waals surface area contributed by atoms with Crippen molar-refractivity contribution in [2.45, 2.75) is 0 Å². The van der Waals surface area contributed by atoms with Gasteiger partial charge in [0.15, 0.2) is 5.75 Å². The number of hydrogen-bond acceptors (Lipinski definition) is 5. The Labute approximate surface area is 123 Å². The molecule has 104 valence electrons. The molecule has 1 aromatic heterocycles. The molecule has 6 nitrogen and oxygen atoms in total. The maximum atomic E-state index is 11.8. The Bertz CT molecular complexity index is 722. The summed E-state index contributed by atoms with van der Waals surface area (Å²) in [5.41, 5.74) is -0.769. The highest BCUT2D eigenvalue weighted by Gasteiger charge is 2.17. The maximum Gasteiger partial charge on any atom is 0.362 e. The van der Waals surface area contributed by atoms with Crippen LogP contribution in [0.1, 0.15) is 10.5 Å². The van der Waals surface area contributed by atoms with Gasteiger partial charge in [-0.05, 0) is 18.2 Å². The van der Waals surface area contributed by atoms with Crippen LogP contribution in [0.25, 0.3) is 5.69 Å². The van der Waals surface area contributed by atoms with Crippen LogP contribution in [-0.2, 0) is 4.74 Å². The molecular formula is C12H8Cl2N2O4. The molecular weight excluding hydrogens is 307 g/mol. The zero-order valence-electron chi connectivity index (χ0n) is 10.1. The van der Waals surface area contributed by atoms with Gasteiger partial charge in [-0.3, -0.25) is 4.79 Å². The fourth-order valence-electron chi connectivity index (χ4n) is 1.54. The quantitative estimate of drug-likeness (QED) is 0.858. The maximum absolute atomic E-state index is 11.8. The van der Waals surface area contributed by atoms with Gasteiger partial charge in [0.1, 0.15) is 0 Å². The van der Waals surface area contributed by atoms with Gasteiger partial charge in [-0.25, -0.2) is 4.79 Å². The molecule has 0 radical (unpaired) electrons. The third kappa shape index (κ3) is 2.76. The van der Waals surface area contributed by atoms with Crippen LogP contribution in [-0.4, -0.2) is 28.0 Å². The minimum atomic E-state index is -0.871. The fourth-order valence-corrected chi connectivity index (χ4v) is 2.05. The van der Waals surface area contributed by atoms with Crippen LogP contribution in [0, 0.1) is 0 Å². The van der Waals surface area contributed by atoms with E-state index in [2.05, 4.69) is 9.84 Å². The molecule has 1 aromatic carbocycles. The lowest BCUT2D eigenvalue weighted by molar-refractivity contribution is 0.0588.